The monoisotopic (exact) mass is 745 g/mol. The number of carbonyl (C=O) groups is 2. The molecule has 0 saturated heterocycles. The Morgan fingerprint density at radius 3 is 1.55 bits per heavy atom. The third-order valence-corrected chi connectivity index (χ3v) is 9.69. The number of hydrogen-bond acceptors (Lipinski definition) is 6. The maximum Gasteiger partial charge on any atom is 0.414 e. The van der Waals surface area contributed by atoms with Crippen LogP contribution in [-0.4, -0.2) is 56.9 Å². The summed E-state index contributed by atoms with van der Waals surface area (Å²) in [6.45, 7) is 22.0. The fourth-order valence-corrected chi connectivity index (χ4v) is 6.35. The molecule has 8 nitrogen and oxygen atoms in total. The van der Waals surface area contributed by atoms with E-state index in [-0.39, 0.29) is 53.1 Å². The molecule has 3 rings (SSSR count). The SMILES string of the molecule is CCCCC(C)(CCCC)c1cc(C)c(O)c(C=NC2CCCCC2N=Cc2cc(C(C)(C)C)cc(C(C)(C)C)c2O)c1.O=C(O)C(=O)O.[CH3-].[Cr]. The second kappa shape index (κ2) is 20.8. The largest absolute Gasteiger partial charge is 0.507 e. The van der Waals surface area contributed by atoms with Crippen LogP contribution in [0.2, 0.25) is 0 Å². The van der Waals surface area contributed by atoms with Crippen molar-refractivity contribution in [1.82, 2.24) is 0 Å². The number of phenolic OH excluding ortho intramolecular Hbond substituents is 2. The minimum Gasteiger partial charge on any atom is -0.507 e. The first-order valence-corrected chi connectivity index (χ1v) is 18.0. The fourth-order valence-electron chi connectivity index (χ4n) is 6.35. The second-order valence-corrected chi connectivity index (χ2v) is 16.0. The molecular weight excluding hydrogens is 680 g/mol. The maximum absolute atomic E-state index is 11.3. The second-order valence-electron chi connectivity index (χ2n) is 16.0. The molecule has 4 N–H and O–H groups in total. The number of benzene rings is 2. The van der Waals surface area contributed by atoms with Crippen LogP contribution < -0.4 is 0 Å². The van der Waals surface area contributed by atoms with Gasteiger partial charge in [-0.2, -0.15) is 0 Å². The average Bonchev–Trinajstić information content (AvgIpc) is 3.02. The van der Waals surface area contributed by atoms with Crippen molar-refractivity contribution in [2.24, 2.45) is 9.98 Å². The van der Waals surface area contributed by atoms with Gasteiger partial charge in [-0.15, -0.1) is 0 Å². The van der Waals surface area contributed by atoms with Crippen LogP contribution >= 0.6 is 0 Å². The number of nitrogens with zero attached hydrogens (tertiary/aromatic N) is 2. The Morgan fingerprint density at radius 1 is 0.725 bits per heavy atom. The van der Waals surface area contributed by atoms with Gasteiger partial charge in [0.25, 0.3) is 0 Å². The van der Waals surface area contributed by atoms with E-state index in [1.807, 2.05) is 19.4 Å². The molecule has 1 saturated carbocycles. The Balaban J connectivity index is 0.00000287. The van der Waals surface area contributed by atoms with Crippen molar-refractivity contribution in [3.8, 4) is 11.5 Å². The van der Waals surface area contributed by atoms with Crippen LogP contribution in [0.1, 0.15) is 160 Å². The molecule has 1 fully saturated rings. The molecule has 0 aliphatic heterocycles. The van der Waals surface area contributed by atoms with E-state index in [9.17, 15) is 10.2 Å². The smallest absolute Gasteiger partial charge is 0.414 e. The third-order valence-electron chi connectivity index (χ3n) is 9.69. The summed E-state index contributed by atoms with van der Waals surface area (Å²) < 4.78 is 0. The molecule has 2 aromatic rings. The van der Waals surface area contributed by atoms with E-state index in [2.05, 4.69) is 86.6 Å². The first-order valence-electron chi connectivity index (χ1n) is 18.0. The normalized spacial score (nSPS) is 16.6. The molecule has 51 heavy (non-hydrogen) atoms. The zero-order valence-electron chi connectivity index (χ0n) is 33.1. The van der Waals surface area contributed by atoms with Gasteiger partial charge in [0.2, 0.25) is 0 Å². The van der Waals surface area contributed by atoms with Crippen molar-refractivity contribution >= 4 is 24.4 Å². The van der Waals surface area contributed by atoms with Gasteiger partial charge in [0.05, 0.1) is 12.1 Å². The number of carboxylic acids is 2. The van der Waals surface area contributed by atoms with Crippen LogP contribution in [0.4, 0.5) is 0 Å². The average molecular weight is 746 g/mol. The molecule has 2 aromatic carbocycles. The zero-order chi connectivity index (χ0) is 37.2. The van der Waals surface area contributed by atoms with E-state index in [1.54, 1.807) is 0 Å². The quantitative estimate of drug-likeness (QED) is 0.103. The van der Waals surface area contributed by atoms with Crippen molar-refractivity contribution in [2.45, 2.75) is 162 Å². The first kappa shape index (κ1) is 47.9. The van der Waals surface area contributed by atoms with Crippen LogP contribution in [0.15, 0.2) is 34.3 Å². The number of hydrogen-bond donors (Lipinski definition) is 4. The van der Waals surface area contributed by atoms with Gasteiger partial charge in [0, 0.05) is 46.5 Å². The van der Waals surface area contributed by atoms with Gasteiger partial charge in [-0.25, -0.2) is 9.59 Å². The number of rotatable bonds is 11. The van der Waals surface area contributed by atoms with E-state index in [0.717, 1.165) is 60.8 Å². The first-order chi connectivity index (χ1) is 22.7. The number of aryl methyl sites for hydroxylation is 1. The topological polar surface area (TPSA) is 140 Å². The molecule has 0 bridgehead atoms. The Labute approximate surface area is 319 Å². The molecule has 0 amide bonds. The zero-order valence-corrected chi connectivity index (χ0v) is 34.4. The van der Waals surface area contributed by atoms with Crippen molar-refractivity contribution < 1.29 is 47.4 Å². The molecule has 0 spiro atoms. The molecule has 2 atom stereocenters. The molecular formula is C42H65CrN2O6-. The van der Waals surface area contributed by atoms with Gasteiger partial charge in [0.1, 0.15) is 11.5 Å². The van der Waals surface area contributed by atoms with Crippen LogP contribution in [0.5, 0.6) is 11.5 Å². The van der Waals surface area contributed by atoms with Crippen LogP contribution in [0.25, 0.3) is 0 Å². The Morgan fingerprint density at radius 2 is 1.16 bits per heavy atom. The van der Waals surface area contributed by atoms with E-state index in [1.165, 1.54) is 36.8 Å². The molecule has 0 radical (unpaired) electrons. The number of carboxylic acid groups (broad SMARTS) is 2. The molecule has 0 aromatic heterocycles. The number of phenols is 2. The summed E-state index contributed by atoms with van der Waals surface area (Å²) in [5.41, 5.74) is 5.86. The summed E-state index contributed by atoms with van der Waals surface area (Å²) in [6.07, 6.45) is 15.1. The standard InChI is InChI=1S/C39H60N2O2.C2H2O4.CH3.Cr/c1-11-13-19-39(10,20-14-12-2)31-21-27(3)35(42)28(23-31)25-40-33-17-15-16-18-34(33)41-26-29-22-30(37(4,5)6)24-32(36(29)43)38(7,8)9;3-1(4)2(5)6;;/h21-26,33-34,42-43H,11-20H2,1-10H3;(H,3,4)(H,5,6);1H3;/q;;-1;. The summed E-state index contributed by atoms with van der Waals surface area (Å²) in [5, 5.41) is 37.1. The Hall–Kier alpha value is -3.15. The third kappa shape index (κ3) is 14.1. The number of unbranched alkanes of at least 4 members (excludes halogenated alkanes) is 2. The minimum absolute atomic E-state index is 0. The number of aliphatic carboxylic acids is 2. The van der Waals surface area contributed by atoms with Gasteiger partial charge in [-0.05, 0) is 77.7 Å². The van der Waals surface area contributed by atoms with Crippen molar-refractivity contribution in [2.75, 3.05) is 0 Å². The molecule has 9 heteroatoms. The molecule has 1 aliphatic carbocycles. The number of aliphatic imine (C=N–C) groups is 2. The van der Waals surface area contributed by atoms with Crippen molar-refractivity contribution in [3.63, 3.8) is 0 Å². The van der Waals surface area contributed by atoms with Crippen molar-refractivity contribution in [1.29, 1.82) is 0 Å². The van der Waals surface area contributed by atoms with Crippen LogP contribution in [-0.2, 0) is 43.2 Å². The predicted octanol–water partition coefficient (Wildman–Crippen LogP) is 10.1. The van der Waals surface area contributed by atoms with E-state index in [4.69, 9.17) is 29.8 Å². The molecule has 1 aliphatic rings. The van der Waals surface area contributed by atoms with Crippen molar-refractivity contribution in [3.05, 3.63) is 65.1 Å². The number of aromatic hydroxyl groups is 2. The fraction of sp³-hybridized carbons (Fsp3) is 0.595. The summed E-state index contributed by atoms with van der Waals surface area (Å²) in [7, 11) is 0. The summed E-state index contributed by atoms with van der Waals surface area (Å²) in [6, 6.07) is 8.72. The molecule has 286 valence electrons. The predicted molar refractivity (Wildman–Crippen MR) is 208 cm³/mol. The van der Waals surface area contributed by atoms with Gasteiger partial charge in [-0.3, -0.25) is 9.98 Å². The molecule has 0 heterocycles. The molecule has 2 unspecified atom stereocenters. The van der Waals surface area contributed by atoms with Crippen LogP contribution in [0.3, 0.4) is 0 Å². The van der Waals surface area contributed by atoms with E-state index >= 15 is 0 Å². The Bertz CT molecular complexity index is 1470. The van der Waals surface area contributed by atoms with Crippen LogP contribution in [0, 0.1) is 14.4 Å². The van der Waals surface area contributed by atoms with E-state index in [0.29, 0.717) is 11.5 Å². The summed E-state index contributed by atoms with van der Waals surface area (Å²) >= 11 is 0. The summed E-state index contributed by atoms with van der Waals surface area (Å²) in [5.74, 6) is -2.99. The minimum atomic E-state index is -1.82. The Kier molecular flexibility index (Phi) is 19.5. The van der Waals surface area contributed by atoms with Gasteiger partial charge in [-0.1, -0.05) is 113 Å². The van der Waals surface area contributed by atoms with Gasteiger partial charge < -0.3 is 27.9 Å². The van der Waals surface area contributed by atoms with E-state index < -0.39 is 11.9 Å². The summed E-state index contributed by atoms with van der Waals surface area (Å²) in [4.78, 5) is 28.3. The van der Waals surface area contributed by atoms with Gasteiger partial charge in [0.15, 0.2) is 0 Å². The van der Waals surface area contributed by atoms with Gasteiger partial charge >= 0.3 is 11.9 Å². The maximum atomic E-state index is 11.3.